The number of methoxy groups -OCH3 is 1. The standard InChI is InChI=1S/C17H13ClN4OS/c1-23-14-4-2-3-12(10-14)16-19-20-17-22(16)21-15(24-17)9-11-5-7-13(18)8-6-11/h2-8,10H,9H2,1H3. The Kier molecular flexibility index (Phi) is 3.92. The summed E-state index contributed by atoms with van der Waals surface area (Å²) in [5.74, 6) is 1.49. The van der Waals surface area contributed by atoms with E-state index >= 15 is 0 Å². The van der Waals surface area contributed by atoms with Crippen LogP contribution in [0.3, 0.4) is 0 Å². The van der Waals surface area contributed by atoms with Crippen LogP contribution in [0.5, 0.6) is 5.75 Å². The van der Waals surface area contributed by atoms with Crippen molar-refractivity contribution in [2.24, 2.45) is 0 Å². The zero-order valence-electron chi connectivity index (χ0n) is 12.8. The van der Waals surface area contributed by atoms with Gasteiger partial charge in [0.25, 0.3) is 0 Å². The molecule has 0 N–H and O–H groups in total. The van der Waals surface area contributed by atoms with Crippen molar-refractivity contribution in [3.8, 4) is 17.1 Å². The third-order valence-electron chi connectivity index (χ3n) is 3.63. The first-order chi connectivity index (χ1) is 11.7. The van der Waals surface area contributed by atoms with Crippen LogP contribution in [0.4, 0.5) is 0 Å². The molecule has 0 aliphatic carbocycles. The first-order valence-corrected chi connectivity index (χ1v) is 8.52. The van der Waals surface area contributed by atoms with Gasteiger partial charge in [-0.1, -0.05) is 47.2 Å². The van der Waals surface area contributed by atoms with Crippen molar-refractivity contribution < 1.29 is 4.74 Å². The Labute approximate surface area is 147 Å². The number of rotatable bonds is 4. The lowest BCUT2D eigenvalue weighted by Crippen LogP contribution is -1.94. The fourth-order valence-corrected chi connectivity index (χ4v) is 3.44. The van der Waals surface area contributed by atoms with E-state index in [2.05, 4.69) is 15.3 Å². The Hall–Kier alpha value is -2.44. The fraction of sp³-hybridized carbons (Fsp3) is 0.118. The second kappa shape index (κ2) is 6.22. The molecule has 120 valence electrons. The molecule has 0 aliphatic rings. The van der Waals surface area contributed by atoms with E-state index in [4.69, 9.17) is 16.3 Å². The van der Waals surface area contributed by atoms with Gasteiger partial charge in [-0.05, 0) is 29.8 Å². The molecule has 0 atom stereocenters. The Morgan fingerprint density at radius 1 is 1.12 bits per heavy atom. The smallest absolute Gasteiger partial charge is 0.234 e. The van der Waals surface area contributed by atoms with Crippen molar-refractivity contribution in [2.75, 3.05) is 7.11 Å². The highest BCUT2D eigenvalue weighted by Crippen LogP contribution is 2.25. The molecule has 5 nitrogen and oxygen atoms in total. The quantitative estimate of drug-likeness (QED) is 0.552. The van der Waals surface area contributed by atoms with Crippen molar-refractivity contribution in [3.63, 3.8) is 0 Å². The maximum Gasteiger partial charge on any atom is 0.234 e. The number of hydrogen-bond acceptors (Lipinski definition) is 5. The molecule has 2 heterocycles. The van der Waals surface area contributed by atoms with Crippen LogP contribution in [0.2, 0.25) is 5.02 Å². The van der Waals surface area contributed by atoms with E-state index in [0.29, 0.717) is 5.82 Å². The highest BCUT2D eigenvalue weighted by Gasteiger charge is 2.14. The summed E-state index contributed by atoms with van der Waals surface area (Å²) >= 11 is 7.46. The molecule has 0 aliphatic heterocycles. The van der Waals surface area contributed by atoms with E-state index < -0.39 is 0 Å². The van der Waals surface area contributed by atoms with E-state index in [-0.39, 0.29) is 0 Å². The van der Waals surface area contributed by atoms with Gasteiger partial charge in [0.15, 0.2) is 5.82 Å². The molecule has 2 aromatic carbocycles. The molecule has 7 heteroatoms. The molecule has 24 heavy (non-hydrogen) atoms. The van der Waals surface area contributed by atoms with Gasteiger partial charge >= 0.3 is 0 Å². The van der Waals surface area contributed by atoms with Gasteiger partial charge in [0, 0.05) is 17.0 Å². The van der Waals surface area contributed by atoms with Crippen LogP contribution in [-0.2, 0) is 6.42 Å². The van der Waals surface area contributed by atoms with Crippen LogP contribution >= 0.6 is 22.9 Å². The van der Waals surface area contributed by atoms with Gasteiger partial charge in [0.1, 0.15) is 10.8 Å². The van der Waals surface area contributed by atoms with Gasteiger partial charge in [-0.3, -0.25) is 0 Å². The molecule has 0 fully saturated rings. The number of benzene rings is 2. The summed E-state index contributed by atoms with van der Waals surface area (Å²) in [5.41, 5.74) is 2.08. The number of fused-ring (bicyclic) bond motifs is 1. The summed E-state index contributed by atoms with van der Waals surface area (Å²) < 4.78 is 7.06. The van der Waals surface area contributed by atoms with E-state index in [1.54, 1.807) is 11.6 Å². The fourth-order valence-electron chi connectivity index (χ4n) is 2.45. The van der Waals surface area contributed by atoms with Gasteiger partial charge in [-0.25, -0.2) is 0 Å². The van der Waals surface area contributed by atoms with Crippen LogP contribution in [0.25, 0.3) is 16.3 Å². The number of hydrogen-bond donors (Lipinski definition) is 0. The second-order valence-electron chi connectivity index (χ2n) is 5.25. The average molecular weight is 357 g/mol. The summed E-state index contributed by atoms with van der Waals surface area (Å²) in [7, 11) is 1.64. The maximum atomic E-state index is 5.93. The van der Waals surface area contributed by atoms with Crippen molar-refractivity contribution in [1.82, 2.24) is 19.8 Å². The molecule has 0 saturated heterocycles. The normalized spacial score (nSPS) is 11.1. The number of aromatic nitrogens is 4. The first kappa shape index (κ1) is 15.1. The van der Waals surface area contributed by atoms with Crippen LogP contribution < -0.4 is 4.74 Å². The number of halogens is 1. The molecule has 4 rings (SSSR count). The molecular formula is C17H13ClN4OS. The van der Waals surface area contributed by atoms with Gasteiger partial charge < -0.3 is 4.74 Å². The topological polar surface area (TPSA) is 52.3 Å². The van der Waals surface area contributed by atoms with Crippen molar-refractivity contribution in [3.05, 3.63) is 64.1 Å². The molecule has 0 saturated carbocycles. The Morgan fingerprint density at radius 3 is 2.75 bits per heavy atom. The monoisotopic (exact) mass is 356 g/mol. The highest BCUT2D eigenvalue weighted by atomic mass is 35.5. The molecule has 0 radical (unpaired) electrons. The minimum Gasteiger partial charge on any atom is -0.497 e. The molecule has 0 spiro atoms. The summed E-state index contributed by atoms with van der Waals surface area (Å²) in [6.45, 7) is 0. The summed E-state index contributed by atoms with van der Waals surface area (Å²) in [5, 5.41) is 14.9. The lowest BCUT2D eigenvalue weighted by atomic mass is 10.2. The van der Waals surface area contributed by atoms with Gasteiger partial charge in [-0.2, -0.15) is 9.61 Å². The molecule has 0 unspecified atom stereocenters. The minimum atomic E-state index is 0.711. The Balaban J connectivity index is 1.69. The van der Waals surface area contributed by atoms with Crippen LogP contribution in [0.15, 0.2) is 48.5 Å². The average Bonchev–Trinajstić information content (AvgIpc) is 3.17. The van der Waals surface area contributed by atoms with Crippen molar-refractivity contribution >= 4 is 27.9 Å². The Morgan fingerprint density at radius 2 is 1.96 bits per heavy atom. The van der Waals surface area contributed by atoms with Crippen LogP contribution in [-0.4, -0.2) is 26.9 Å². The number of nitrogens with zero attached hydrogens (tertiary/aromatic N) is 4. The molecule has 0 bridgehead atoms. The third kappa shape index (κ3) is 2.86. The van der Waals surface area contributed by atoms with E-state index in [1.165, 1.54) is 11.3 Å². The zero-order chi connectivity index (χ0) is 16.5. The summed E-state index contributed by atoms with van der Waals surface area (Å²) in [6.07, 6.45) is 0.739. The minimum absolute atomic E-state index is 0.711. The molecule has 0 amide bonds. The summed E-state index contributed by atoms with van der Waals surface area (Å²) in [6, 6.07) is 15.5. The van der Waals surface area contributed by atoms with Gasteiger partial charge in [-0.15, -0.1) is 10.2 Å². The molecular weight excluding hydrogens is 344 g/mol. The largest absolute Gasteiger partial charge is 0.497 e. The Bertz CT molecular complexity index is 993. The van der Waals surface area contributed by atoms with Crippen molar-refractivity contribution in [2.45, 2.75) is 6.42 Å². The van der Waals surface area contributed by atoms with E-state index in [9.17, 15) is 0 Å². The predicted molar refractivity (Wildman–Crippen MR) is 94.9 cm³/mol. The molecule has 4 aromatic rings. The van der Waals surface area contributed by atoms with E-state index in [0.717, 1.165) is 38.3 Å². The maximum absolute atomic E-state index is 5.93. The lowest BCUT2D eigenvalue weighted by molar-refractivity contribution is 0.415. The van der Waals surface area contributed by atoms with Gasteiger partial charge in [0.05, 0.1) is 7.11 Å². The van der Waals surface area contributed by atoms with E-state index in [1.807, 2.05) is 48.5 Å². The predicted octanol–water partition coefficient (Wildman–Crippen LogP) is 4.11. The lowest BCUT2D eigenvalue weighted by Gasteiger charge is -2.01. The number of ether oxygens (including phenoxy) is 1. The SMILES string of the molecule is COc1cccc(-c2nnc3sc(Cc4ccc(Cl)cc4)nn23)c1. The summed E-state index contributed by atoms with van der Waals surface area (Å²) in [4.78, 5) is 0.775. The molecule has 2 aromatic heterocycles. The second-order valence-corrected chi connectivity index (χ2v) is 6.73. The third-order valence-corrected chi connectivity index (χ3v) is 4.78. The first-order valence-electron chi connectivity index (χ1n) is 7.33. The van der Waals surface area contributed by atoms with Crippen LogP contribution in [0, 0.1) is 0 Å². The zero-order valence-corrected chi connectivity index (χ0v) is 14.4. The van der Waals surface area contributed by atoms with Gasteiger partial charge in [0.2, 0.25) is 4.96 Å². The van der Waals surface area contributed by atoms with Crippen molar-refractivity contribution in [1.29, 1.82) is 0 Å². The highest BCUT2D eigenvalue weighted by molar-refractivity contribution is 7.16. The van der Waals surface area contributed by atoms with Crippen LogP contribution in [0.1, 0.15) is 10.6 Å².